The van der Waals surface area contributed by atoms with Gasteiger partial charge in [-0.1, -0.05) is 42.5 Å². The van der Waals surface area contributed by atoms with Crippen molar-refractivity contribution in [2.24, 2.45) is 0 Å². The Hall–Kier alpha value is -3.12. The Kier molecular flexibility index (Phi) is 7.03. The van der Waals surface area contributed by atoms with E-state index in [1.54, 1.807) is 30.3 Å². The molecule has 2 unspecified atom stereocenters. The predicted molar refractivity (Wildman–Crippen MR) is 109 cm³/mol. The third-order valence-corrected chi connectivity index (χ3v) is 4.94. The van der Waals surface area contributed by atoms with E-state index < -0.39 is 12.1 Å². The highest BCUT2D eigenvalue weighted by Crippen LogP contribution is 2.21. The topological polar surface area (TPSA) is 87.1 Å². The summed E-state index contributed by atoms with van der Waals surface area (Å²) < 4.78 is 5.54. The molecule has 29 heavy (non-hydrogen) atoms. The number of ether oxygens (including phenoxy) is 1. The summed E-state index contributed by atoms with van der Waals surface area (Å²) in [6.07, 6.45) is 4.66. The zero-order valence-electron chi connectivity index (χ0n) is 16.1. The molecule has 0 bridgehead atoms. The predicted octanol–water partition coefficient (Wildman–Crippen LogP) is 2.91. The molecule has 6 heteroatoms. The molecular weight excluding hydrogens is 370 g/mol. The monoisotopic (exact) mass is 395 g/mol. The van der Waals surface area contributed by atoms with E-state index in [1.807, 2.05) is 41.3 Å². The van der Waals surface area contributed by atoms with E-state index in [4.69, 9.17) is 9.84 Å². The highest BCUT2D eigenvalue weighted by molar-refractivity contribution is 5.87. The maximum absolute atomic E-state index is 12.2. The number of hydrogen-bond donors (Lipinski definition) is 2. The zero-order valence-corrected chi connectivity index (χ0v) is 16.1. The van der Waals surface area contributed by atoms with Gasteiger partial charge >= 0.3 is 5.97 Å². The third kappa shape index (κ3) is 5.93. The lowest BCUT2D eigenvalue weighted by Gasteiger charge is -2.23. The quantitative estimate of drug-likeness (QED) is 0.638. The van der Waals surface area contributed by atoms with Gasteiger partial charge in [-0.25, -0.2) is 4.79 Å². The maximum atomic E-state index is 12.2. The molecule has 2 aromatic rings. The first-order chi connectivity index (χ1) is 14.0. The molecule has 152 valence electrons. The number of amides is 1. The van der Waals surface area contributed by atoms with Gasteiger partial charge in [0.2, 0.25) is 5.91 Å². The molecule has 1 aliphatic heterocycles. The number of aliphatic hydroxyl groups is 1. The summed E-state index contributed by atoms with van der Waals surface area (Å²) in [7, 11) is 0. The minimum atomic E-state index is -0.953. The van der Waals surface area contributed by atoms with Crippen LogP contribution in [-0.4, -0.2) is 52.3 Å². The number of carboxylic acids is 1. The van der Waals surface area contributed by atoms with Crippen molar-refractivity contribution in [2.45, 2.75) is 31.4 Å². The Bertz CT molecular complexity index is 847. The first-order valence-electron chi connectivity index (χ1n) is 9.69. The summed E-state index contributed by atoms with van der Waals surface area (Å²) in [6.45, 7) is 0.702. The van der Waals surface area contributed by atoms with Crippen LogP contribution in [0, 0.1) is 0 Å². The van der Waals surface area contributed by atoms with Crippen LogP contribution in [0.15, 0.2) is 66.7 Å². The number of carbonyl (C=O) groups is 2. The van der Waals surface area contributed by atoms with E-state index >= 15 is 0 Å². The molecule has 0 aromatic heterocycles. The first-order valence-corrected chi connectivity index (χ1v) is 9.69. The van der Waals surface area contributed by atoms with Gasteiger partial charge in [0.05, 0.1) is 11.6 Å². The van der Waals surface area contributed by atoms with Gasteiger partial charge in [0.15, 0.2) is 0 Å². The van der Waals surface area contributed by atoms with Crippen molar-refractivity contribution in [1.29, 1.82) is 0 Å². The standard InChI is InChI=1S/C23H25NO5/c25-20(16-29-21-4-2-1-3-5-21)12-10-19-11-13-22(26)24(19)15-14-17-6-8-18(9-7-17)23(27)28/h1-10,12,19-20,25H,11,13-16H2,(H,27,28). The molecular formula is C23H25NO5. The molecule has 2 atom stereocenters. The second-order valence-electron chi connectivity index (χ2n) is 7.02. The summed E-state index contributed by atoms with van der Waals surface area (Å²) in [4.78, 5) is 25.0. The number of para-hydroxylation sites is 1. The first kappa shape index (κ1) is 20.6. The SMILES string of the molecule is O=C(O)c1ccc(CCN2C(=O)CCC2C=CC(O)COc2ccccc2)cc1. The molecule has 0 saturated carbocycles. The summed E-state index contributed by atoms with van der Waals surface area (Å²) in [5, 5.41) is 19.1. The fourth-order valence-corrected chi connectivity index (χ4v) is 3.32. The van der Waals surface area contributed by atoms with E-state index in [1.165, 1.54) is 0 Å². The fraction of sp³-hybridized carbons (Fsp3) is 0.304. The Morgan fingerprint density at radius 3 is 2.59 bits per heavy atom. The van der Waals surface area contributed by atoms with Crippen molar-refractivity contribution in [1.82, 2.24) is 4.90 Å². The summed E-state index contributed by atoms with van der Waals surface area (Å²) in [6, 6.07) is 16.0. The van der Waals surface area contributed by atoms with Crippen molar-refractivity contribution < 1.29 is 24.5 Å². The lowest BCUT2D eigenvalue weighted by Crippen LogP contribution is -2.34. The number of carbonyl (C=O) groups excluding carboxylic acids is 1. The van der Waals surface area contributed by atoms with Crippen molar-refractivity contribution >= 4 is 11.9 Å². The van der Waals surface area contributed by atoms with Gasteiger partial charge < -0.3 is 19.8 Å². The molecule has 1 amide bonds. The Morgan fingerprint density at radius 2 is 1.90 bits per heavy atom. The van der Waals surface area contributed by atoms with E-state index in [9.17, 15) is 14.7 Å². The van der Waals surface area contributed by atoms with E-state index in [2.05, 4.69) is 0 Å². The molecule has 3 rings (SSSR count). The van der Waals surface area contributed by atoms with Gasteiger partial charge in [0.25, 0.3) is 0 Å². The lowest BCUT2D eigenvalue weighted by atomic mass is 10.1. The molecule has 1 saturated heterocycles. The van der Waals surface area contributed by atoms with Crippen molar-refractivity contribution in [3.8, 4) is 5.75 Å². The number of carboxylic acid groups (broad SMARTS) is 1. The zero-order chi connectivity index (χ0) is 20.6. The van der Waals surface area contributed by atoms with Crippen LogP contribution in [0.3, 0.4) is 0 Å². The highest BCUT2D eigenvalue weighted by atomic mass is 16.5. The molecule has 2 N–H and O–H groups in total. The molecule has 6 nitrogen and oxygen atoms in total. The molecule has 0 radical (unpaired) electrons. The number of benzene rings is 2. The van der Waals surface area contributed by atoms with Crippen LogP contribution in [0.4, 0.5) is 0 Å². The van der Waals surface area contributed by atoms with Crippen LogP contribution in [0.1, 0.15) is 28.8 Å². The molecule has 0 spiro atoms. The number of rotatable bonds is 9. The van der Waals surface area contributed by atoms with Crippen LogP contribution in [0.5, 0.6) is 5.75 Å². The van der Waals surface area contributed by atoms with Gasteiger partial charge in [0, 0.05) is 13.0 Å². The molecule has 0 aliphatic carbocycles. The van der Waals surface area contributed by atoms with Gasteiger partial charge in [0.1, 0.15) is 18.5 Å². The van der Waals surface area contributed by atoms with Crippen LogP contribution in [0.2, 0.25) is 0 Å². The largest absolute Gasteiger partial charge is 0.491 e. The van der Waals surface area contributed by atoms with Gasteiger partial charge in [-0.15, -0.1) is 0 Å². The second-order valence-corrected chi connectivity index (χ2v) is 7.02. The number of hydrogen-bond acceptors (Lipinski definition) is 4. The number of nitrogens with zero attached hydrogens (tertiary/aromatic N) is 1. The summed E-state index contributed by atoms with van der Waals surface area (Å²) >= 11 is 0. The van der Waals surface area contributed by atoms with Gasteiger partial charge in [-0.2, -0.15) is 0 Å². The number of aliphatic hydroxyl groups excluding tert-OH is 1. The average Bonchev–Trinajstić information content (AvgIpc) is 3.09. The molecule has 2 aromatic carbocycles. The third-order valence-electron chi connectivity index (χ3n) is 4.94. The van der Waals surface area contributed by atoms with Crippen LogP contribution in [-0.2, 0) is 11.2 Å². The molecule has 1 aliphatic rings. The Labute approximate surface area is 170 Å². The summed E-state index contributed by atoms with van der Waals surface area (Å²) in [5.41, 5.74) is 1.23. The van der Waals surface area contributed by atoms with Crippen LogP contribution >= 0.6 is 0 Å². The van der Waals surface area contributed by atoms with Crippen molar-refractivity contribution in [3.05, 3.63) is 77.9 Å². The van der Waals surface area contributed by atoms with Crippen LogP contribution in [0.25, 0.3) is 0 Å². The van der Waals surface area contributed by atoms with Crippen molar-refractivity contribution in [2.75, 3.05) is 13.2 Å². The maximum Gasteiger partial charge on any atom is 0.335 e. The van der Waals surface area contributed by atoms with E-state index in [0.29, 0.717) is 25.1 Å². The van der Waals surface area contributed by atoms with Gasteiger partial charge in [-0.05, 0) is 42.7 Å². The normalized spacial score (nSPS) is 17.6. The minimum absolute atomic E-state index is 0.0489. The Morgan fingerprint density at radius 1 is 1.17 bits per heavy atom. The van der Waals surface area contributed by atoms with E-state index in [-0.39, 0.29) is 24.1 Å². The Balaban J connectivity index is 1.51. The average molecular weight is 395 g/mol. The summed E-state index contributed by atoms with van der Waals surface area (Å²) in [5.74, 6) is -0.158. The smallest absolute Gasteiger partial charge is 0.335 e. The highest BCUT2D eigenvalue weighted by Gasteiger charge is 2.28. The lowest BCUT2D eigenvalue weighted by molar-refractivity contribution is -0.128. The van der Waals surface area contributed by atoms with E-state index in [0.717, 1.165) is 12.0 Å². The molecule has 1 heterocycles. The minimum Gasteiger partial charge on any atom is -0.491 e. The van der Waals surface area contributed by atoms with Crippen molar-refractivity contribution in [3.63, 3.8) is 0 Å². The number of likely N-dealkylation sites (tertiary alicyclic amines) is 1. The van der Waals surface area contributed by atoms with Gasteiger partial charge in [-0.3, -0.25) is 4.79 Å². The second kappa shape index (κ2) is 9.89. The fourth-order valence-electron chi connectivity index (χ4n) is 3.32. The molecule has 1 fully saturated rings. The number of aromatic carboxylic acids is 1. The van der Waals surface area contributed by atoms with Crippen LogP contribution < -0.4 is 4.74 Å².